The number of likely N-dealkylation sites (N-methyl/N-ethyl adjacent to an activating group) is 1. The molecule has 2 N–H and O–H groups in total. The fraction of sp³-hybridized carbons (Fsp3) is 0.333. The molecule has 2 rings (SSSR count). The van der Waals surface area contributed by atoms with Crippen LogP contribution in [0.25, 0.3) is 11.3 Å². The van der Waals surface area contributed by atoms with Crippen LogP contribution in [0.1, 0.15) is 11.1 Å². The largest absolute Gasteiger partial charge is 0.367 e. The summed E-state index contributed by atoms with van der Waals surface area (Å²) in [7, 11) is 1.93. The van der Waals surface area contributed by atoms with E-state index in [4.69, 9.17) is 0 Å². The van der Waals surface area contributed by atoms with Gasteiger partial charge < -0.3 is 10.6 Å². The summed E-state index contributed by atoms with van der Waals surface area (Å²) in [5, 5.41) is 14.8. The molecule has 0 atom stereocenters. The summed E-state index contributed by atoms with van der Waals surface area (Å²) < 4.78 is 0. The first-order chi connectivity index (χ1) is 9.20. The van der Waals surface area contributed by atoms with Gasteiger partial charge in [0.1, 0.15) is 5.82 Å². The Morgan fingerprint density at radius 3 is 2.53 bits per heavy atom. The lowest BCUT2D eigenvalue weighted by Crippen LogP contribution is -2.18. The van der Waals surface area contributed by atoms with Gasteiger partial charge in [0, 0.05) is 18.7 Å². The third-order valence-corrected chi connectivity index (χ3v) is 3.01. The second kappa shape index (κ2) is 6.29. The standard InChI is InChI=1S/C15H20N4/c1-11-4-5-12(2)13(10-11)14-6-7-15(19-18-14)17-9-8-16-3/h4-7,10,16H,8-9H2,1-3H3,(H,17,19). The van der Waals surface area contributed by atoms with Gasteiger partial charge in [-0.25, -0.2) is 0 Å². The number of hydrogen-bond donors (Lipinski definition) is 2. The Morgan fingerprint density at radius 1 is 1.00 bits per heavy atom. The van der Waals surface area contributed by atoms with Crippen LogP contribution < -0.4 is 10.6 Å². The summed E-state index contributed by atoms with van der Waals surface area (Å²) in [6.45, 7) is 5.92. The highest BCUT2D eigenvalue weighted by Gasteiger charge is 2.04. The molecule has 0 aliphatic carbocycles. The summed E-state index contributed by atoms with van der Waals surface area (Å²) in [5.74, 6) is 0.810. The Kier molecular flexibility index (Phi) is 4.47. The molecule has 0 aliphatic heterocycles. The second-order valence-corrected chi connectivity index (χ2v) is 4.65. The van der Waals surface area contributed by atoms with E-state index < -0.39 is 0 Å². The van der Waals surface area contributed by atoms with Gasteiger partial charge in [-0.05, 0) is 44.7 Å². The number of benzene rings is 1. The Bertz CT molecular complexity index is 534. The molecule has 2 aromatic rings. The number of anilines is 1. The van der Waals surface area contributed by atoms with E-state index in [2.05, 4.69) is 52.9 Å². The third kappa shape index (κ3) is 3.51. The predicted octanol–water partition coefficient (Wildman–Crippen LogP) is 2.39. The minimum absolute atomic E-state index is 0.810. The van der Waals surface area contributed by atoms with E-state index in [0.29, 0.717) is 0 Å². The molecule has 0 radical (unpaired) electrons. The van der Waals surface area contributed by atoms with Crippen LogP contribution in [0, 0.1) is 13.8 Å². The van der Waals surface area contributed by atoms with Crippen LogP contribution in [0.5, 0.6) is 0 Å². The zero-order valence-electron chi connectivity index (χ0n) is 11.7. The number of nitrogens with one attached hydrogen (secondary N) is 2. The maximum Gasteiger partial charge on any atom is 0.148 e. The van der Waals surface area contributed by atoms with Crippen molar-refractivity contribution in [3.05, 3.63) is 41.5 Å². The van der Waals surface area contributed by atoms with Crippen LogP contribution in [-0.2, 0) is 0 Å². The molecule has 100 valence electrons. The molecular formula is C15H20N4. The maximum absolute atomic E-state index is 4.30. The van der Waals surface area contributed by atoms with Crippen molar-refractivity contribution in [2.75, 3.05) is 25.5 Å². The molecule has 0 amide bonds. The molecule has 1 heterocycles. The van der Waals surface area contributed by atoms with Crippen molar-refractivity contribution in [1.82, 2.24) is 15.5 Å². The lowest BCUT2D eigenvalue weighted by Gasteiger charge is -2.08. The molecule has 0 unspecified atom stereocenters. The molecule has 0 saturated carbocycles. The third-order valence-electron chi connectivity index (χ3n) is 3.01. The predicted molar refractivity (Wildman–Crippen MR) is 79.4 cm³/mol. The van der Waals surface area contributed by atoms with Crippen LogP contribution in [-0.4, -0.2) is 30.3 Å². The van der Waals surface area contributed by atoms with Gasteiger partial charge in [0.2, 0.25) is 0 Å². The first-order valence-corrected chi connectivity index (χ1v) is 6.50. The number of aromatic nitrogens is 2. The van der Waals surface area contributed by atoms with Gasteiger partial charge >= 0.3 is 0 Å². The van der Waals surface area contributed by atoms with Crippen LogP contribution in [0.3, 0.4) is 0 Å². The fourth-order valence-electron chi connectivity index (χ4n) is 1.90. The topological polar surface area (TPSA) is 49.8 Å². The van der Waals surface area contributed by atoms with E-state index in [9.17, 15) is 0 Å². The van der Waals surface area contributed by atoms with E-state index in [0.717, 1.165) is 30.2 Å². The minimum Gasteiger partial charge on any atom is -0.367 e. The molecule has 0 aliphatic rings. The molecule has 0 fully saturated rings. The second-order valence-electron chi connectivity index (χ2n) is 4.65. The molecule has 0 saturated heterocycles. The first kappa shape index (κ1) is 13.5. The van der Waals surface area contributed by atoms with Crippen LogP contribution in [0.15, 0.2) is 30.3 Å². The summed E-state index contributed by atoms with van der Waals surface area (Å²) in [4.78, 5) is 0. The lowest BCUT2D eigenvalue weighted by molar-refractivity contribution is 0.818. The SMILES string of the molecule is CNCCNc1ccc(-c2cc(C)ccc2C)nn1. The van der Waals surface area contributed by atoms with Crippen molar-refractivity contribution < 1.29 is 0 Å². The van der Waals surface area contributed by atoms with Crippen LogP contribution in [0.4, 0.5) is 5.82 Å². The monoisotopic (exact) mass is 256 g/mol. The number of hydrogen-bond acceptors (Lipinski definition) is 4. The van der Waals surface area contributed by atoms with Gasteiger partial charge in [0.15, 0.2) is 0 Å². The molecule has 4 nitrogen and oxygen atoms in total. The normalized spacial score (nSPS) is 10.5. The summed E-state index contributed by atoms with van der Waals surface area (Å²) >= 11 is 0. The molecular weight excluding hydrogens is 236 g/mol. The van der Waals surface area contributed by atoms with E-state index in [1.165, 1.54) is 11.1 Å². The maximum atomic E-state index is 4.30. The Labute approximate surface area is 114 Å². The Balaban J connectivity index is 2.15. The molecule has 1 aromatic carbocycles. The molecule has 0 bridgehead atoms. The fourth-order valence-corrected chi connectivity index (χ4v) is 1.90. The molecule has 1 aromatic heterocycles. The van der Waals surface area contributed by atoms with Gasteiger partial charge in [-0.2, -0.15) is 0 Å². The quantitative estimate of drug-likeness (QED) is 0.807. The first-order valence-electron chi connectivity index (χ1n) is 6.50. The van der Waals surface area contributed by atoms with Crippen molar-refractivity contribution in [3.63, 3.8) is 0 Å². The van der Waals surface area contributed by atoms with E-state index in [1.54, 1.807) is 0 Å². The van der Waals surface area contributed by atoms with Crippen molar-refractivity contribution in [1.29, 1.82) is 0 Å². The summed E-state index contributed by atoms with van der Waals surface area (Å²) in [6.07, 6.45) is 0. The van der Waals surface area contributed by atoms with Gasteiger partial charge in [0.05, 0.1) is 5.69 Å². The Hall–Kier alpha value is -1.94. The highest BCUT2D eigenvalue weighted by molar-refractivity contribution is 5.64. The van der Waals surface area contributed by atoms with E-state index in [-0.39, 0.29) is 0 Å². The van der Waals surface area contributed by atoms with Crippen LogP contribution in [0.2, 0.25) is 0 Å². The minimum atomic E-state index is 0.810. The van der Waals surface area contributed by atoms with Gasteiger partial charge in [-0.1, -0.05) is 17.7 Å². The summed E-state index contributed by atoms with van der Waals surface area (Å²) in [6, 6.07) is 10.4. The molecule has 0 spiro atoms. The van der Waals surface area contributed by atoms with Gasteiger partial charge in [0.25, 0.3) is 0 Å². The van der Waals surface area contributed by atoms with Crippen molar-refractivity contribution in [3.8, 4) is 11.3 Å². The highest BCUT2D eigenvalue weighted by Crippen LogP contribution is 2.22. The number of aryl methyl sites for hydroxylation is 2. The average Bonchev–Trinajstić information content (AvgIpc) is 2.43. The van der Waals surface area contributed by atoms with Crippen molar-refractivity contribution >= 4 is 5.82 Å². The van der Waals surface area contributed by atoms with Crippen molar-refractivity contribution in [2.24, 2.45) is 0 Å². The highest BCUT2D eigenvalue weighted by atomic mass is 15.2. The zero-order chi connectivity index (χ0) is 13.7. The number of nitrogens with zero attached hydrogens (tertiary/aromatic N) is 2. The summed E-state index contributed by atoms with van der Waals surface area (Å²) in [5.41, 5.74) is 4.52. The van der Waals surface area contributed by atoms with Gasteiger partial charge in [-0.3, -0.25) is 0 Å². The van der Waals surface area contributed by atoms with Gasteiger partial charge in [-0.15, -0.1) is 10.2 Å². The lowest BCUT2D eigenvalue weighted by atomic mass is 10.0. The average molecular weight is 256 g/mol. The molecule has 4 heteroatoms. The van der Waals surface area contributed by atoms with Crippen LogP contribution >= 0.6 is 0 Å². The Morgan fingerprint density at radius 2 is 1.84 bits per heavy atom. The smallest absolute Gasteiger partial charge is 0.148 e. The van der Waals surface area contributed by atoms with E-state index >= 15 is 0 Å². The van der Waals surface area contributed by atoms with Crippen molar-refractivity contribution in [2.45, 2.75) is 13.8 Å². The number of rotatable bonds is 5. The van der Waals surface area contributed by atoms with E-state index in [1.807, 2.05) is 19.2 Å². The zero-order valence-corrected chi connectivity index (χ0v) is 11.7. The molecule has 19 heavy (non-hydrogen) atoms.